The summed E-state index contributed by atoms with van der Waals surface area (Å²) in [7, 11) is 0. The van der Waals surface area contributed by atoms with E-state index in [2.05, 4.69) is 72.0 Å². The van der Waals surface area contributed by atoms with Crippen LogP contribution in [0.5, 0.6) is 0 Å². The third-order valence-electron chi connectivity index (χ3n) is 4.26. The number of halogens is 1. The fraction of sp³-hybridized carbons (Fsp3) is 0.647. The number of hydrogen-bond acceptors (Lipinski definition) is 2. The summed E-state index contributed by atoms with van der Waals surface area (Å²) in [6.45, 7) is 12.4. The minimum atomic E-state index is 0.522. The molecule has 1 heterocycles. The molecule has 0 aromatic heterocycles. The lowest BCUT2D eigenvalue weighted by Crippen LogP contribution is -2.26. The Bertz CT molecular complexity index is 443. The van der Waals surface area contributed by atoms with Crippen LogP contribution in [-0.4, -0.2) is 19.1 Å². The Morgan fingerprint density at radius 3 is 2.65 bits per heavy atom. The summed E-state index contributed by atoms with van der Waals surface area (Å²) < 4.78 is 1.17. The quantitative estimate of drug-likeness (QED) is 0.854. The van der Waals surface area contributed by atoms with Gasteiger partial charge in [-0.15, -0.1) is 0 Å². The van der Waals surface area contributed by atoms with Crippen LogP contribution in [0.25, 0.3) is 0 Å². The highest BCUT2D eigenvalue weighted by atomic mass is 79.9. The predicted octanol–water partition coefficient (Wildman–Crippen LogP) is 4.43. The molecule has 1 saturated heterocycles. The zero-order valence-electron chi connectivity index (χ0n) is 13.1. The Balaban J connectivity index is 2.15. The molecule has 2 rings (SSSR count). The average molecular weight is 339 g/mol. The van der Waals surface area contributed by atoms with Gasteiger partial charge in [0.25, 0.3) is 0 Å². The van der Waals surface area contributed by atoms with Crippen molar-refractivity contribution < 1.29 is 0 Å². The van der Waals surface area contributed by atoms with Crippen molar-refractivity contribution in [3.8, 4) is 0 Å². The molecule has 1 atom stereocenters. The molecule has 0 amide bonds. The monoisotopic (exact) mass is 338 g/mol. The molecule has 0 saturated carbocycles. The molecule has 1 aromatic rings. The third kappa shape index (κ3) is 3.98. The van der Waals surface area contributed by atoms with Gasteiger partial charge in [-0.1, -0.05) is 49.7 Å². The maximum Gasteiger partial charge on any atom is 0.0423 e. The highest BCUT2D eigenvalue weighted by Crippen LogP contribution is 2.32. The molecule has 1 fully saturated rings. The number of hydrogen-bond donors (Lipinski definition) is 1. The minimum Gasteiger partial charge on any atom is -0.371 e. The Morgan fingerprint density at radius 2 is 2.05 bits per heavy atom. The number of rotatable bonds is 5. The van der Waals surface area contributed by atoms with Crippen LogP contribution in [0.2, 0.25) is 0 Å². The van der Waals surface area contributed by atoms with E-state index in [-0.39, 0.29) is 0 Å². The standard InChI is InChI=1S/C17H27BrN2/c1-12(2)15-7-8-20(11-15)17-9-16(18)6-5-14(17)10-19-13(3)4/h5-6,9,12-13,15,19H,7-8,10-11H2,1-4H3. The van der Waals surface area contributed by atoms with Crippen molar-refractivity contribution in [1.29, 1.82) is 0 Å². The summed E-state index contributed by atoms with van der Waals surface area (Å²) in [5.74, 6) is 1.62. The van der Waals surface area contributed by atoms with Gasteiger partial charge in [0, 0.05) is 35.8 Å². The van der Waals surface area contributed by atoms with Crippen molar-refractivity contribution in [2.45, 2.75) is 46.7 Å². The van der Waals surface area contributed by atoms with E-state index < -0.39 is 0 Å². The molecular formula is C17H27BrN2. The number of benzene rings is 1. The second-order valence-electron chi connectivity index (χ2n) is 6.55. The smallest absolute Gasteiger partial charge is 0.0423 e. The molecule has 1 unspecified atom stereocenters. The second kappa shape index (κ2) is 6.95. The summed E-state index contributed by atoms with van der Waals surface area (Å²) >= 11 is 3.62. The molecule has 2 nitrogen and oxygen atoms in total. The minimum absolute atomic E-state index is 0.522. The van der Waals surface area contributed by atoms with Gasteiger partial charge in [-0.3, -0.25) is 0 Å². The van der Waals surface area contributed by atoms with E-state index in [0.29, 0.717) is 6.04 Å². The highest BCUT2D eigenvalue weighted by Gasteiger charge is 2.26. The molecule has 1 aliphatic heterocycles. The summed E-state index contributed by atoms with van der Waals surface area (Å²) in [5.41, 5.74) is 2.81. The Hall–Kier alpha value is -0.540. The van der Waals surface area contributed by atoms with Crippen molar-refractivity contribution in [3.63, 3.8) is 0 Å². The molecule has 112 valence electrons. The van der Waals surface area contributed by atoms with Crippen molar-refractivity contribution >= 4 is 21.6 Å². The molecule has 0 radical (unpaired) electrons. The fourth-order valence-corrected chi connectivity index (χ4v) is 3.19. The maximum atomic E-state index is 3.62. The van der Waals surface area contributed by atoms with Crippen LogP contribution in [-0.2, 0) is 6.54 Å². The van der Waals surface area contributed by atoms with Crippen LogP contribution in [0.3, 0.4) is 0 Å². The molecule has 0 aliphatic carbocycles. The molecule has 1 N–H and O–H groups in total. The molecular weight excluding hydrogens is 312 g/mol. The van der Waals surface area contributed by atoms with Gasteiger partial charge in [0.1, 0.15) is 0 Å². The van der Waals surface area contributed by atoms with Crippen LogP contribution in [0, 0.1) is 11.8 Å². The van der Waals surface area contributed by atoms with E-state index in [0.717, 1.165) is 18.4 Å². The number of anilines is 1. The van der Waals surface area contributed by atoms with Crippen LogP contribution < -0.4 is 10.2 Å². The predicted molar refractivity (Wildman–Crippen MR) is 91.3 cm³/mol. The normalized spacial score (nSPS) is 19.4. The van der Waals surface area contributed by atoms with Crippen molar-refractivity contribution in [2.75, 3.05) is 18.0 Å². The Labute approximate surface area is 132 Å². The van der Waals surface area contributed by atoms with E-state index in [1.165, 1.54) is 35.2 Å². The topological polar surface area (TPSA) is 15.3 Å². The van der Waals surface area contributed by atoms with Gasteiger partial charge < -0.3 is 10.2 Å². The number of nitrogens with one attached hydrogen (secondary N) is 1. The first kappa shape index (κ1) is 15.8. The molecule has 3 heteroatoms. The van der Waals surface area contributed by atoms with Crippen LogP contribution in [0.15, 0.2) is 22.7 Å². The molecule has 20 heavy (non-hydrogen) atoms. The fourth-order valence-electron chi connectivity index (χ4n) is 2.85. The van der Waals surface area contributed by atoms with E-state index in [1.54, 1.807) is 0 Å². The second-order valence-corrected chi connectivity index (χ2v) is 7.46. The lowest BCUT2D eigenvalue weighted by Gasteiger charge is -2.24. The van der Waals surface area contributed by atoms with Gasteiger partial charge in [-0.25, -0.2) is 0 Å². The number of nitrogens with zero attached hydrogens (tertiary/aromatic N) is 1. The van der Waals surface area contributed by atoms with Gasteiger partial charge in [-0.2, -0.15) is 0 Å². The van der Waals surface area contributed by atoms with Gasteiger partial charge in [0.05, 0.1) is 0 Å². The van der Waals surface area contributed by atoms with Crippen molar-refractivity contribution in [3.05, 3.63) is 28.2 Å². The van der Waals surface area contributed by atoms with E-state index in [4.69, 9.17) is 0 Å². The van der Waals surface area contributed by atoms with Crippen LogP contribution in [0.4, 0.5) is 5.69 Å². The van der Waals surface area contributed by atoms with Gasteiger partial charge in [-0.05, 0) is 36.0 Å². The largest absolute Gasteiger partial charge is 0.371 e. The highest BCUT2D eigenvalue weighted by molar-refractivity contribution is 9.10. The molecule has 0 bridgehead atoms. The zero-order valence-corrected chi connectivity index (χ0v) is 14.7. The Kier molecular flexibility index (Phi) is 5.50. The van der Waals surface area contributed by atoms with E-state index in [9.17, 15) is 0 Å². The third-order valence-corrected chi connectivity index (χ3v) is 4.75. The Morgan fingerprint density at radius 1 is 1.30 bits per heavy atom. The lowest BCUT2D eigenvalue weighted by molar-refractivity contribution is 0.422. The average Bonchev–Trinajstić information content (AvgIpc) is 2.86. The van der Waals surface area contributed by atoms with Crippen molar-refractivity contribution in [2.24, 2.45) is 11.8 Å². The first-order valence-corrected chi connectivity index (χ1v) is 8.53. The van der Waals surface area contributed by atoms with Crippen LogP contribution >= 0.6 is 15.9 Å². The molecule has 1 aromatic carbocycles. The first-order chi connectivity index (χ1) is 9.47. The summed E-state index contributed by atoms with van der Waals surface area (Å²) in [6.07, 6.45) is 1.32. The van der Waals surface area contributed by atoms with E-state index >= 15 is 0 Å². The van der Waals surface area contributed by atoms with Gasteiger partial charge in [0.15, 0.2) is 0 Å². The summed E-state index contributed by atoms with van der Waals surface area (Å²) in [6, 6.07) is 7.20. The lowest BCUT2D eigenvalue weighted by atomic mass is 9.95. The first-order valence-electron chi connectivity index (χ1n) is 7.74. The zero-order chi connectivity index (χ0) is 14.7. The summed E-state index contributed by atoms with van der Waals surface area (Å²) in [4.78, 5) is 2.56. The van der Waals surface area contributed by atoms with Crippen molar-refractivity contribution in [1.82, 2.24) is 5.32 Å². The molecule has 0 spiro atoms. The van der Waals surface area contributed by atoms with Gasteiger partial charge in [0.2, 0.25) is 0 Å². The summed E-state index contributed by atoms with van der Waals surface area (Å²) in [5, 5.41) is 3.54. The van der Waals surface area contributed by atoms with E-state index in [1.807, 2.05) is 0 Å². The van der Waals surface area contributed by atoms with Gasteiger partial charge >= 0.3 is 0 Å². The SMILES string of the molecule is CC(C)NCc1ccc(Br)cc1N1CCC(C(C)C)C1. The molecule has 1 aliphatic rings. The van der Waals surface area contributed by atoms with Crippen LogP contribution in [0.1, 0.15) is 39.7 Å². The maximum absolute atomic E-state index is 3.62.